The van der Waals surface area contributed by atoms with E-state index in [9.17, 15) is 9.50 Å². The third-order valence-electron chi connectivity index (χ3n) is 2.79. The van der Waals surface area contributed by atoms with Gasteiger partial charge in [-0.2, -0.15) is 0 Å². The van der Waals surface area contributed by atoms with Crippen LogP contribution in [0.3, 0.4) is 0 Å². The molecule has 1 aromatic carbocycles. The molecular formula is C12H16FNO2. The van der Waals surface area contributed by atoms with Gasteiger partial charge in [-0.1, -0.05) is 0 Å². The van der Waals surface area contributed by atoms with Gasteiger partial charge < -0.3 is 14.7 Å². The lowest BCUT2D eigenvalue weighted by Gasteiger charge is -2.31. The Morgan fingerprint density at radius 1 is 1.38 bits per heavy atom. The standard InChI is InChI=1S/C12H16FNO2/c1-9(15)11-8-10(13)2-3-12(11)14-4-6-16-7-5-14/h2-3,8-9,15H,4-7H2,1H3/t9-/m1/s1. The molecule has 0 aliphatic carbocycles. The molecule has 4 heteroatoms. The van der Waals surface area contributed by atoms with Crippen LogP contribution in [0.5, 0.6) is 0 Å². The molecule has 1 aliphatic rings. The van der Waals surface area contributed by atoms with Crippen molar-refractivity contribution in [2.75, 3.05) is 31.2 Å². The zero-order chi connectivity index (χ0) is 11.5. The first-order valence-electron chi connectivity index (χ1n) is 5.48. The summed E-state index contributed by atoms with van der Waals surface area (Å²) in [5, 5.41) is 9.64. The second kappa shape index (κ2) is 4.80. The van der Waals surface area contributed by atoms with Gasteiger partial charge in [-0.15, -0.1) is 0 Å². The van der Waals surface area contributed by atoms with Gasteiger partial charge >= 0.3 is 0 Å². The lowest BCUT2D eigenvalue weighted by atomic mass is 10.1. The fourth-order valence-corrected chi connectivity index (χ4v) is 1.95. The van der Waals surface area contributed by atoms with Gasteiger partial charge in [0.25, 0.3) is 0 Å². The van der Waals surface area contributed by atoms with Crippen molar-refractivity contribution < 1.29 is 14.2 Å². The second-order valence-electron chi connectivity index (χ2n) is 3.98. The first-order valence-corrected chi connectivity index (χ1v) is 5.48. The molecule has 1 saturated heterocycles. The van der Waals surface area contributed by atoms with Crippen LogP contribution >= 0.6 is 0 Å². The van der Waals surface area contributed by atoms with Crippen molar-refractivity contribution in [1.82, 2.24) is 0 Å². The van der Waals surface area contributed by atoms with Crippen molar-refractivity contribution in [1.29, 1.82) is 0 Å². The number of morpholine rings is 1. The molecular weight excluding hydrogens is 209 g/mol. The zero-order valence-corrected chi connectivity index (χ0v) is 9.32. The Morgan fingerprint density at radius 2 is 2.06 bits per heavy atom. The molecule has 1 aliphatic heterocycles. The van der Waals surface area contributed by atoms with Crippen molar-refractivity contribution in [2.45, 2.75) is 13.0 Å². The van der Waals surface area contributed by atoms with Crippen molar-refractivity contribution >= 4 is 5.69 Å². The quantitative estimate of drug-likeness (QED) is 0.831. The highest BCUT2D eigenvalue weighted by Gasteiger charge is 2.17. The van der Waals surface area contributed by atoms with Crippen LogP contribution in [0.15, 0.2) is 18.2 Å². The highest BCUT2D eigenvalue weighted by atomic mass is 19.1. The summed E-state index contributed by atoms with van der Waals surface area (Å²) in [6.07, 6.45) is -0.659. The van der Waals surface area contributed by atoms with Crippen LogP contribution < -0.4 is 4.90 Å². The van der Waals surface area contributed by atoms with Gasteiger partial charge in [-0.05, 0) is 25.1 Å². The minimum atomic E-state index is -0.659. The van der Waals surface area contributed by atoms with Gasteiger partial charge in [0.1, 0.15) is 5.82 Å². The topological polar surface area (TPSA) is 32.7 Å². The van der Waals surface area contributed by atoms with E-state index in [1.54, 1.807) is 13.0 Å². The second-order valence-corrected chi connectivity index (χ2v) is 3.98. The summed E-state index contributed by atoms with van der Waals surface area (Å²) >= 11 is 0. The van der Waals surface area contributed by atoms with Crippen molar-refractivity contribution in [3.63, 3.8) is 0 Å². The van der Waals surface area contributed by atoms with E-state index in [2.05, 4.69) is 4.90 Å². The molecule has 1 atom stereocenters. The lowest BCUT2D eigenvalue weighted by Crippen LogP contribution is -2.36. The molecule has 0 amide bonds. The summed E-state index contributed by atoms with van der Waals surface area (Å²) < 4.78 is 18.4. The molecule has 2 rings (SSSR count). The molecule has 0 unspecified atom stereocenters. The van der Waals surface area contributed by atoms with Crippen LogP contribution in [-0.4, -0.2) is 31.4 Å². The lowest BCUT2D eigenvalue weighted by molar-refractivity contribution is 0.122. The Morgan fingerprint density at radius 3 is 2.69 bits per heavy atom. The van der Waals surface area contributed by atoms with Crippen molar-refractivity contribution in [3.05, 3.63) is 29.6 Å². The average Bonchev–Trinajstić information content (AvgIpc) is 2.30. The maximum atomic E-state index is 13.1. The van der Waals surface area contributed by atoms with Gasteiger partial charge in [0.15, 0.2) is 0 Å². The van der Waals surface area contributed by atoms with Crippen molar-refractivity contribution in [2.24, 2.45) is 0 Å². The largest absolute Gasteiger partial charge is 0.389 e. The summed E-state index contributed by atoms with van der Waals surface area (Å²) in [4.78, 5) is 2.12. The molecule has 0 radical (unpaired) electrons. The molecule has 3 nitrogen and oxygen atoms in total. The highest BCUT2D eigenvalue weighted by Crippen LogP contribution is 2.27. The fraction of sp³-hybridized carbons (Fsp3) is 0.500. The molecule has 0 spiro atoms. The smallest absolute Gasteiger partial charge is 0.123 e. The molecule has 1 N–H and O–H groups in total. The normalized spacial score (nSPS) is 18.6. The summed E-state index contributed by atoms with van der Waals surface area (Å²) in [5.74, 6) is -0.312. The first-order chi connectivity index (χ1) is 7.68. The van der Waals surface area contributed by atoms with Gasteiger partial charge in [-0.25, -0.2) is 4.39 Å². The molecule has 1 fully saturated rings. The number of aliphatic hydroxyl groups is 1. The van der Waals surface area contributed by atoms with Crippen LogP contribution in [0.2, 0.25) is 0 Å². The van der Waals surface area contributed by atoms with Gasteiger partial charge in [0.2, 0.25) is 0 Å². The van der Waals surface area contributed by atoms with Crippen LogP contribution in [0, 0.1) is 5.82 Å². The zero-order valence-electron chi connectivity index (χ0n) is 9.32. The molecule has 88 valence electrons. The molecule has 1 heterocycles. The summed E-state index contributed by atoms with van der Waals surface area (Å²) in [5.41, 5.74) is 1.54. The third kappa shape index (κ3) is 2.33. The number of anilines is 1. The Balaban J connectivity index is 2.31. The first kappa shape index (κ1) is 11.4. The molecule has 0 bridgehead atoms. The third-order valence-corrected chi connectivity index (χ3v) is 2.79. The van der Waals surface area contributed by atoms with E-state index < -0.39 is 6.10 Å². The summed E-state index contributed by atoms with van der Waals surface area (Å²) in [7, 11) is 0. The molecule has 0 aromatic heterocycles. The Hall–Kier alpha value is -1.13. The van der Waals surface area contributed by atoms with Crippen molar-refractivity contribution in [3.8, 4) is 0 Å². The van der Waals surface area contributed by atoms with E-state index in [0.29, 0.717) is 18.8 Å². The Bertz CT molecular complexity index is 362. The van der Waals surface area contributed by atoms with E-state index in [0.717, 1.165) is 18.8 Å². The number of hydrogen-bond acceptors (Lipinski definition) is 3. The Kier molecular flexibility index (Phi) is 3.41. The summed E-state index contributed by atoms with van der Waals surface area (Å²) in [6, 6.07) is 4.55. The fourth-order valence-electron chi connectivity index (χ4n) is 1.95. The monoisotopic (exact) mass is 225 g/mol. The van der Waals surface area contributed by atoms with E-state index in [4.69, 9.17) is 4.74 Å². The summed E-state index contributed by atoms with van der Waals surface area (Å²) in [6.45, 7) is 4.57. The molecule has 1 aromatic rings. The van der Waals surface area contributed by atoms with E-state index >= 15 is 0 Å². The van der Waals surface area contributed by atoms with E-state index in [1.165, 1.54) is 12.1 Å². The predicted octanol–water partition coefficient (Wildman–Crippen LogP) is 1.72. The molecule has 0 saturated carbocycles. The maximum absolute atomic E-state index is 13.1. The minimum absolute atomic E-state index is 0.312. The molecule has 16 heavy (non-hydrogen) atoms. The highest BCUT2D eigenvalue weighted by molar-refractivity contribution is 5.55. The van der Waals surface area contributed by atoms with Crippen LogP contribution in [-0.2, 0) is 4.74 Å². The number of halogens is 1. The van der Waals surface area contributed by atoms with Gasteiger partial charge in [0, 0.05) is 24.3 Å². The maximum Gasteiger partial charge on any atom is 0.123 e. The number of rotatable bonds is 2. The number of aliphatic hydroxyl groups excluding tert-OH is 1. The SMILES string of the molecule is C[C@@H](O)c1cc(F)ccc1N1CCOCC1. The van der Waals surface area contributed by atoms with Crippen LogP contribution in [0.4, 0.5) is 10.1 Å². The van der Waals surface area contributed by atoms with E-state index in [-0.39, 0.29) is 5.82 Å². The van der Waals surface area contributed by atoms with Crippen LogP contribution in [0.1, 0.15) is 18.6 Å². The number of nitrogens with zero attached hydrogens (tertiary/aromatic N) is 1. The number of benzene rings is 1. The average molecular weight is 225 g/mol. The van der Waals surface area contributed by atoms with E-state index in [1.807, 2.05) is 0 Å². The van der Waals surface area contributed by atoms with Crippen LogP contribution in [0.25, 0.3) is 0 Å². The predicted molar refractivity (Wildman–Crippen MR) is 60.1 cm³/mol. The van der Waals surface area contributed by atoms with Gasteiger partial charge in [0.05, 0.1) is 19.3 Å². The minimum Gasteiger partial charge on any atom is -0.389 e. The number of hydrogen-bond donors (Lipinski definition) is 1. The number of ether oxygens (including phenoxy) is 1. The Labute approximate surface area is 94.4 Å². The van der Waals surface area contributed by atoms with Gasteiger partial charge in [-0.3, -0.25) is 0 Å².